The number of carboxylic acids is 1. The molecule has 36 heavy (non-hydrogen) atoms. The number of carbonyl (C=O) groups excluding carboxylic acids is 2. The second kappa shape index (κ2) is 9.17. The molecule has 0 aliphatic heterocycles. The van der Waals surface area contributed by atoms with Crippen molar-refractivity contribution in [3.05, 3.63) is 93.8 Å². The topological polar surface area (TPSA) is 139 Å². The van der Waals surface area contributed by atoms with Gasteiger partial charge >= 0.3 is 5.97 Å². The zero-order valence-electron chi connectivity index (χ0n) is 19.2. The van der Waals surface area contributed by atoms with Crippen LogP contribution >= 0.6 is 0 Å². The number of aromatic carboxylic acids is 1. The maximum atomic E-state index is 13.3. The minimum atomic E-state index is -0.986. The van der Waals surface area contributed by atoms with Crippen molar-refractivity contribution in [2.75, 3.05) is 0 Å². The van der Waals surface area contributed by atoms with Crippen molar-refractivity contribution in [3.8, 4) is 0 Å². The lowest BCUT2D eigenvalue weighted by atomic mass is 9.98. The molecule has 1 aliphatic rings. The Hall–Kier alpha value is -4.67. The Kier molecular flexibility index (Phi) is 5.88. The van der Waals surface area contributed by atoms with Gasteiger partial charge in [-0.2, -0.15) is 0 Å². The third-order valence-electron chi connectivity index (χ3n) is 6.34. The Labute approximate surface area is 204 Å². The lowest BCUT2D eigenvalue weighted by Crippen LogP contribution is -2.30. The van der Waals surface area contributed by atoms with E-state index in [1.807, 2.05) is 0 Å². The first kappa shape index (κ1) is 23.1. The van der Waals surface area contributed by atoms with Crippen molar-refractivity contribution in [1.82, 2.24) is 30.2 Å². The lowest BCUT2D eigenvalue weighted by Gasteiger charge is -2.16. The molecule has 0 radical (unpaired) electrons. The molecule has 2 aromatic heterocycles. The standard InChI is InChI=1S/C25H21FN6O4/c1-13-16-8-9-19(18(16)7-6-17(13)24(35)36)29-23(34)21-10-20(30-25-31-28-12-32(21)25)22(33)27-11-14-2-4-15(26)5-3-14/h2-7,10,12,19H,8-9,11H2,1H3,(H,27,33)(H,29,34)(H,35,36)/t19-/m0/s1. The van der Waals surface area contributed by atoms with Crippen LogP contribution in [0.15, 0.2) is 48.8 Å². The fraction of sp³-hybridized carbons (Fsp3) is 0.200. The van der Waals surface area contributed by atoms with E-state index >= 15 is 0 Å². The van der Waals surface area contributed by atoms with Crippen molar-refractivity contribution < 1.29 is 23.9 Å². The molecule has 2 heterocycles. The summed E-state index contributed by atoms with van der Waals surface area (Å²) in [5.74, 6) is -2.25. The summed E-state index contributed by atoms with van der Waals surface area (Å²) in [6.07, 6.45) is 2.60. The molecule has 10 nitrogen and oxygen atoms in total. The van der Waals surface area contributed by atoms with E-state index in [9.17, 15) is 23.9 Å². The fourth-order valence-electron chi connectivity index (χ4n) is 4.47. The monoisotopic (exact) mass is 488 g/mol. The minimum absolute atomic E-state index is 0.0171. The average molecular weight is 488 g/mol. The second-order valence-electron chi connectivity index (χ2n) is 8.51. The third kappa shape index (κ3) is 4.26. The van der Waals surface area contributed by atoms with E-state index < -0.39 is 17.8 Å². The lowest BCUT2D eigenvalue weighted by molar-refractivity contribution is 0.0695. The highest BCUT2D eigenvalue weighted by Crippen LogP contribution is 2.34. The predicted molar refractivity (Wildman–Crippen MR) is 125 cm³/mol. The highest BCUT2D eigenvalue weighted by atomic mass is 19.1. The number of amides is 2. The Bertz CT molecular complexity index is 1520. The summed E-state index contributed by atoms with van der Waals surface area (Å²) in [4.78, 5) is 41.7. The number of fused-ring (bicyclic) bond motifs is 2. The number of aromatic nitrogens is 4. The number of rotatable bonds is 6. The number of carbonyl (C=O) groups is 3. The normalized spacial score (nSPS) is 14.4. The smallest absolute Gasteiger partial charge is 0.335 e. The SMILES string of the molecule is Cc1c(C(=O)O)ccc2c1CC[C@@H]2NC(=O)c1cc(C(=O)NCc2ccc(F)cc2)nc2nncn12. The molecule has 2 amide bonds. The predicted octanol–water partition coefficient (Wildman–Crippen LogP) is 2.62. The number of hydrogen-bond donors (Lipinski definition) is 3. The molecule has 5 rings (SSSR count). The summed E-state index contributed by atoms with van der Waals surface area (Å²) < 4.78 is 14.5. The number of benzene rings is 2. The van der Waals surface area contributed by atoms with Crippen LogP contribution in [0.25, 0.3) is 5.78 Å². The summed E-state index contributed by atoms with van der Waals surface area (Å²) in [6.45, 7) is 1.92. The molecular formula is C25H21FN6O4. The first-order chi connectivity index (χ1) is 17.3. The van der Waals surface area contributed by atoms with Crippen LogP contribution in [-0.4, -0.2) is 42.5 Å². The largest absolute Gasteiger partial charge is 0.478 e. The summed E-state index contributed by atoms with van der Waals surface area (Å²) in [7, 11) is 0. The zero-order chi connectivity index (χ0) is 25.4. The summed E-state index contributed by atoms with van der Waals surface area (Å²) in [5, 5.41) is 22.8. The molecule has 0 fully saturated rings. The average Bonchev–Trinajstić information content (AvgIpc) is 3.50. The van der Waals surface area contributed by atoms with Gasteiger partial charge in [-0.05, 0) is 66.3 Å². The Morgan fingerprint density at radius 3 is 2.67 bits per heavy atom. The van der Waals surface area contributed by atoms with E-state index in [4.69, 9.17) is 0 Å². The Morgan fingerprint density at radius 2 is 1.92 bits per heavy atom. The number of carboxylic acid groups (broad SMARTS) is 1. The molecule has 4 aromatic rings. The molecule has 11 heteroatoms. The van der Waals surface area contributed by atoms with Gasteiger partial charge in [0.1, 0.15) is 23.5 Å². The van der Waals surface area contributed by atoms with Gasteiger partial charge in [0, 0.05) is 6.54 Å². The van der Waals surface area contributed by atoms with Crippen molar-refractivity contribution >= 4 is 23.6 Å². The first-order valence-electron chi connectivity index (χ1n) is 11.2. The van der Waals surface area contributed by atoms with Crippen LogP contribution in [0.1, 0.15) is 66.1 Å². The molecular weight excluding hydrogens is 467 g/mol. The molecule has 0 unspecified atom stereocenters. The Balaban J connectivity index is 1.38. The molecule has 182 valence electrons. The van der Waals surface area contributed by atoms with Crippen LogP contribution in [-0.2, 0) is 13.0 Å². The number of halogens is 1. The van der Waals surface area contributed by atoms with Gasteiger partial charge in [-0.3, -0.25) is 14.0 Å². The molecule has 0 saturated heterocycles. The van der Waals surface area contributed by atoms with Gasteiger partial charge in [0.15, 0.2) is 0 Å². The van der Waals surface area contributed by atoms with Gasteiger partial charge in [0.25, 0.3) is 17.6 Å². The molecule has 0 spiro atoms. The molecule has 0 saturated carbocycles. The highest BCUT2D eigenvalue weighted by molar-refractivity contribution is 5.98. The van der Waals surface area contributed by atoms with Crippen molar-refractivity contribution in [1.29, 1.82) is 0 Å². The molecule has 2 aromatic carbocycles. The quantitative estimate of drug-likeness (QED) is 0.379. The zero-order valence-corrected chi connectivity index (χ0v) is 19.2. The fourth-order valence-corrected chi connectivity index (χ4v) is 4.47. The maximum Gasteiger partial charge on any atom is 0.335 e. The van der Waals surface area contributed by atoms with Crippen molar-refractivity contribution in [2.24, 2.45) is 0 Å². The third-order valence-corrected chi connectivity index (χ3v) is 6.34. The van der Waals surface area contributed by atoms with Gasteiger partial charge in [0.2, 0.25) is 0 Å². The van der Waals surface area contributed by atoms with Gasteiger partial charge in [0.05, 0.1) is 11.6 Å². The summed E-state index contributed by atoms with van der Waals surface area (Å²) in [6, 6.07) is 10.1. The van der Waals surface area contributed by atoms with E-state index in [0.29, 0.717) is 24.0 Å². The van der Waals surface area contributed by atoms with Crippen LogP contribution in [0.2, 0.25) is 0 Å². The summed E-state index contributed by atoms with van der Waals surface area (Å²) in [5.41, 5.74) is 3.55. The maximum absolute atomic E-state index is 13.3. The molecule has 1 aliphatic carbocycles. The first-order valence-corrected chi connectivity index (χ1v) is 11.2. The number of nitrogens with zero attached hydrogens (tertiary/aromatic N) is 4. The van der Waals surface area contributed by atoms with Crippen LogP contribution in [0.4, 0.5) is 4.39 Å². The van der Waals surface area contributed by atoms with E-state index in [2.05, 4.69) is 25.8 Å². The molecule has 1 atom stereocenters. The highest BCUT2D eigenvalue weighted by Gasteiger charge is 2.28. The van der Waals surface area contributed by atoms with E-state index in [1.54, 1.807) is 31.2 Å². The van der Waals surface area contributed by atoms with Crippen LogP contribution < -0.4 is 10.6 Å². The van der Waals surface area contributed by atoms with Gasteiger partial charge < -0.3 is 15.7 Å². The van der Waals surface area contributed by atoms with Crippen molar-refractivity contribution in [3.63, 3.8) is 0 Å². The molecule has 3 N–H and O–H groups in total. The van der Waals surface area contributed by atoms with E-state index in [1.165, 1.54) is 28.9 Å². The van der Waals surface area contributed by atoms with E-state index in [0.717, 1.165) is 11.1 Å². The summed E-state index contributed by atoms with van der Waals surface area (Å²) >= 11 is 0. The van der Waals surface area contributed by atoms with Gasteiger partial charge in [-0.15, -0.1) is 10.2 Å². The van der Waals surface area contributed by atoms with Crippen LogP contribution in [0.5, 0.6) is 0 Å². The van der Waals surface area contributed by atoms with Crippen molar-refractivity contribution in [2.45, 2.75) is 32.4 Å². The van der Waals surface area contributed by atoms with E-state index in [-0.39, 0.29) is 41.1 Å². The number of hydrogen-bond acceptors (Lipinski definition) is 6. The van der Waals surface area contributed by atoms with Crippen LogP contribution in [0.3, 0.4) is 0 Å². The minimum Gasteiger partial charge on any atom is -0.478 e. The number of nitrogens with one attached hydrogen (secondary N) is 2. The van der Waals surface area contributed by atoms with Gasteiger partial charge in [-0.25, -0.2) is 14.2 Å². The Morgan fingerprint density at radius 1 is 1.14 bits per heavy atom. The second-order valence-corrected chi connectivity index (χ2v) is 8.51. The molecule has 0 bridgehead atoms. The van der Waals surface area contributed by atoms with Crippen LogP contribution in [0, 0.1) is 12.7 Å². The van der Waals surface area contributed by atoms with Gasteiger partial charge in [-0.1, -0.05) is 18.2 Å².